The number of fused-ring (bicyclic) bond motifs is 1. The van der Waals surface area contributed by atoms with Crippen LogP contribution < -0.4 is 10.9 Å². The molecule has 2 fully saturated rings. The molecule has 4 rings (SSSR count). The van der Waals surface area contributed by atoms with Crippen molar-refractivity contribution in [2.24, 2.45) is 0 Å². The van der Waals surface area contributed by atoms with Gasteiger partial charge < -0.3 is 19.9 Å². The predicted molar refractivity (Wildman–Crippen MR) is 121 cm³/mol. The molecule has 3 heterocycles. The Labute approximate surface area is 188 Å². The Morgan fingerprint density at radius 2 is 1.97 bits per heavy atom. The Balaban J connectivity index is 1.59. The van der Waals surface area contributed by atoms with Gasteiger partial charge >= 0.3 is 0 Å². The lowest BCUT2D eigenvalue weighted by atomic mass is 9.88. The van der Waals surface area contributed by atoms with Crippen LogP contribution in [-0.4, -0.2) is 44.0 Å². The van der Waals surface area contributed by atoms with E-state index in [-0.39, 0.29) is 48.2 Å². The number of carbonyl (C=O) groups excluding carboxylic acids is 2. The Hall–Kier alpha value is -3.09. The molecule has 2 N–H and O–H groups in total. The molecule has 0 bridgehead atoms. The average molecular weight is 438 g/mol. The lowest BCUT2D eigenvalue weighted by Crippen LogP contribution is -2.54. The summed E-state index contributed by atoms with van der Waals surface area (Å²) in [5.41, 5.74) is 1.02. The number of likely N-dealkylation sites (tertiary alicyclic amines) is 1. The molecular weight excluding hydrogens is 406 g/mol. The molecule has 2 aromatic rings. The number of amides is 2. The van der Waals surface area contributed by atoms with E-state index in [0.717, 1.165) is 24.8 Å². The minimum absolute atomic E-state index is 0.00446. The Kier molecular flexibility index (Phi) is 6.09. The van der Waals surface area contributed by atoms with Crippen molar-refractivity contribution in [1.82, 2.24) is 14.8 Å². The van der Waals surface area contributed by atoms with E-state index in [9.17, 15) is 19.5 Å². The minimum Gasteiger partial charge on any atom is -0.508 e. The van der Waals surface area contributed by atoms with Crippen LogP contribution in [0, 0.1) is 6.92 Å². The number of benzene rings is 1. The fourth-order valence-electron chi connectivity index (χ4n) is 5.48. The summed E-state index contributed by atoms with van der Waals surface area (Å²) in [6.45, 7) is 4.06. The molecule has 2 aliphatic rings. The Morgan fingerprint density at radius 1 is 1.22 bits per heavy atom. The average Bonchev–Trinajstić information content (AvgIpc) is 2.89. The van der Waals surface area contributed by atoms with Crippen molar-refractivity contribution < 1.29 is 14.7 Å². The van der Waals surface area contributed by atoms with Crippen molar-refractivity contribution >= 4 is 11.8 Å². The summed E-state index contributed by atoms with van der Waals surface area (Å²) in [5, 5.41) is 12.8. The molecule has 7 nitrogen and oxygen atoms in total. The van der Waals surface area contributed by atoms with Gasteiger partial charge in [-0.15, -0.1) is 0 Å². The number of carbonyl (C=O) groups is 2. The van der Waals surface area contributed by atoms with Crippen LogP contribution in [0.25, 0.3) is 0 Å². The summed E-state index contributed by atoms with van der Waals surface area (Å²) < 4.78 is 1.52. The van der Waals surface area contributed by atoms with Gasteiger partial charge in [-0.25, -0.2) is 0 Å². The first-order chi connectivity index (χ1) is 15.3. The molecule has 0 saturated carbocycles. The van der Waals surface area contributed by atoms with E-state index in [1.807, 2.05) is 23.1 Å². The number of pyridine rings is 1. The van der Waals surface area contributed by atoms with Gasteiger partial charge in [-0.05, 0) is 51.2 Å². The zero-order chi connectivity index (χ0) is 22.9. The maximum Gasteiger partial charge on any atom is 0.254 e. The second kappa shape index (κ2) is 8.81. The number of aromatic hydroxyl groups is 1. The van der Waals surface area contributed by atoms with E-state index in [1.165, 1.54) is 16.7 Å². The highest BCUT2D eigenvalue weighted by Crippen LogP contribution is 2.39. The fourth-order valence-corrected chi connectivity index (χ4v) is 5.48. The second-order valence-corrected chi connectivity index (χ2v) is 9.32. The highest BCUT2D eigenvalue weighted by atomic mass is 16.3. The molecule has 2 saturated heterocycles. The van der Waals surface area contributed by atoms with Gasteiger partial charge in [0.15, 0.2) is 0 Å². The lowest BCUT2D eigenvalue weighted by Gasteiger charge is -2.35. The van der Waals surface area contributed by atoms with Gasteiger partial charge in [-0.3, -0.25) is 14.4 Å². The molecule has 1 aromatic carbocycles. The van der Waals surface area contributed by atoms with E-state index in [2.05, 4.69) is 24.4 Å². The number of aryl methyl sites for hydroxylation is 1. The minimum atomic E-state index is -0.450. The van der Waals surface area contributed by atoms with Gasteiger partial charge in [0.1, 0.15) is 5.75 Å². The first-order valence-corrected chi connectivity index (χ1v) is 11.3. The standard InChI is InChI=1S/C25H31N3O4/c1-17-13-20(29)15-24(32)27(17)12-11-23(31)28-19(14-18-7-4-3-5-8-18)16-25(2)21(28)9-6-10-22(30)26-25/h3-5,7-8,13,15,19,21,29H,6,9-12,14,16H2,1-2H3,(H,26,30)/t19-,21+,25+/m1/s1. The van der Waals surface area contributed by atoms with Crippen LogP contribution in [0.15, 0.2) is 47.3 Å². The quantitative estimate of drug-likeness (QED) is 0.752. The van der Waals surface area contributed by atoms with Crippen LogP contribution in [0.3, 0.4) is 0 Å². The van der Waals surface area contributed by atoms with Crippen molar-refractivity contribution in [3.05, 3.63) is 64.1 Å². The largest absolute Gasteiger partial charge is 0.508 e. The summed E-state index contributed by atoms with van der Waals surface area (Å²) in [7, 11) is 0. The third-order valence-electron chi connectivity index (χ3n) is 6.90. The SMILES string of the molecule is Cc1cc(O)cc(=O)n1CCC(=O)N1[C@H](Cc2ccccc2)C[C@]2(C)NC(=O)CCC[C@H]12. The van der Waals surface area contributed by atoms with Crippen LogP contribution in [0.1, 0.15) is 50.3 Å². The number of aromatic nitrogens is 1. The highest BCUT2D eigenvalue weighted by Gasteiger charge is 2.52. The molecule has 2 amide bonds. The summed E-state index contributed by atoms with van der Waals surface area (Å²) in [5.74, 6) is -0.0216. The summed E-state index contributed by atoms with van der Waals surface area (Å²) in [6, 6.07) is 12.7. The van der Waals surface area contributed by atoms with Crippen LogP contribution >= 0.6 is 0 Å². The van der Waals surface area contributed by atoms with Gasteiger partial charge in [-0.1, -0.05) is 30.3 Å². The number of hydrogen-bond donors (Lipinski definition) is 2. The first kappa shape index (κ1) is 22.1. The third-order valence-corrected chi connectivity index (χ3v) is 6.90. The molecule has 3 atom stereocenters. The maximum atomic E-state index is 13.5. The van der Waals surface area contributed by atoms with Gasteiger partial charge in [0.25, 0.3) is 5.56 Å². The molecule has 170 valence electrons. The van der Waals surface area contributed by atoms with Crippen LogP contribution in [-0.2, 0) is 22.6 Å². The van der Waals surface area contributed by atoms with Crippen LogP contribution in [0.5, 0.6) is 5.75 Å². The molecule has 0 aliphatic carbocycles. The number of nitrogens with one attached hydrogen (secondary N) is 1. The van der Waals surface area contributed by atoms with E-state index in [1.54, 1.807) is 6.92 Å². The molecule has 0 radical (unpaired) electrons. The van der Waals surface area contributed by atoms with E-state index >= 15 is 0 Å². The smallest absolute Gasteiger partial charge is 0.254 e. The Bertz CT molecular complexity index is 1060. The van der Waals surface area contributed by atoms with Crippen molar-refractivity contribution in [1.29, 1.82) is 0 Å². The van der Waals surface area contributed by atoms with Gasteiger partial charge in [0.05, 0.1) is 11.6 Å². The van der Waals surface area contributed by atoms with Gasteiger partial charge in [0, 0.05) is 37.2 Å². The Morgan fingerprint density at radius 3 is 2.69 bits per heavy atom. The fraction of sp³-hybridized carbons (Fsp3) is 0.480. The van der Waals surface area contributed by atoms with Gasteiger partial charge in [0.2, 0.25) is 11.8 Å². The van der Waals surface area contributed by atoms with Crippen molar-refractivity contribution in [2.45, 2.75) is 76.5 Å². The molecule has 0 unspecified atom stereocenters. The monoisotopic (exact) mass is 437 g/mol. The van der Waals surface area contributed by atoms with Crippen molar-refractivity contribution in [3.63, 3.8) is 0 Å². The highest BCUT2D eigenvalue weighted by molar-refractivity contribution is 5.80. The summed E-state index contributed by atoms with van der Waals surface area (Å²) >= 11 is 0. The first-order valence-electron chi connectivity index (χ1n) is 11.3. The van der Waals surface area contributed by atoms with Crippen LogP contribution in [0.2, 0.25) is 0 Å². The number of hydrogen-bond acceptors (Lipinski definition) is 4. The molecular formula is C25H31N3O4. The molecule has 7 heteroatoms. The van der Waals surface area contributed by atoms with Crippen LogP contribution in [0.4, 0.5) is 0 Å². The summed E-state index contributed by atoms with van der Waals surface area (Å²) in [6.07, 6.45) is 3.65. The summed E-state index contributed by atoms with van der Waals surface area (Å²) in [4.78, 5) is 40.1. The van der Waals surface area contributed by atoms with Crippen molar-refractivity contribution in [3.8, 4) is 5.75 Å². The normalized spacial score (nSPS) is 25.2. The lowest BCUT2D eigenvalue weighted by molar-refractivity contribution is -0.135. The van der Waals surface area contributed by atoms with E-state index in [0.29, 0.717) is 18.5 Å². The number of rotatable bonds is 5. The molecule has 0 spiro atoms. The van der Waals surface area contributed by atoms with Gasteiger partial charge in [-0.2, -0.15) is 0 Å². The zero-order valence-electron chi connectivity index (χ0n) is 18.7. The molecule has 1 aromatic heterocycles. The molecule has 2 aliphatic heterocycles. The topological polar surface area (TPSA) is 91.6 Å². The predicted octanol–water partition coefficient (Wildman–Crippen LogP) is 2.52. The van der Waals surface area contributed by atoms with E-state index in [4.69, 9.17) is 0 Å². The van der Waals surface area contributed by atoms with Crippen molar-refractivity contribution in [2.75, 3.05) is 0 Å². The maximum absolute atomic E-state index is 13.5. The third kappa shape index (κ3) is 4.42. The zero-order valence-corrected chi connectivity index (χ0v) is 18.7. The van der Waals surface area contributed by atoms with E-state index < -0.39 is 5.54 Å². The second-order valence-electron chi connectivity index (χ2n) is 9.32. The molecule has 32 heavy (non-hydrogen) atoms. The number of nitrogens with zero attached hydrogens (tertiary/aromatic N) is 2.